The lowest BCUT2D eigenvalue weighted by atomic mass is 10.1. The molecule has 0 N–H and O–H groups in total. The van der Waals surface area contributed by atoms with Crippen LogP contribution in [-0.4, -0.2) is 36.5 Å². The zero-order chi connectivity index (χ0) is 15.2. The molecule has 0 bridgehead atoms. The Hall–Kier alpha value is -1.84. The minimum atomic E-state index is -0.269. The lowest BCUT2D eigenvalue weighted by molar-refractivity contribution is -0.140. The molecule has 1 amide bonds. The van der Waals surface area contributed by atoms with Gasteiger partial charge in [0.05, 0.1) is 13.5 Å². The fourth-order valence-electron chi connectivity index (χ4n) is 2.84. The van der Waals surface area contributed by atoms with Gasteiger partial charge in [-0.25, -0.2) is 0 Å². The Morgan fingerprint density at radius 2 is 1.81 bits per heavy atom. The summed E-state index contributed by atoms with van der Waals surface area (Å²) in [7, 11) is 1.38. The van der Waals surface area contributed by atoms with Gasteiger partial charge in [-0.1, -0.05) is 30.5 Å². The van der Waals surface area contributed by atoms with Crippen molar-refractivity contribution in [1.29, 1.82) is 0 Å². The second-order valence-corrected chi connectivity index (χ2v) is 5.63. The third kappa shape index (κ3) is 4.06. The minimum Gasteiger partial charge on any atom is -0.469 e. The predicted molar refractivity (Wildman–Crippen MR) is 81.1 cm³/mol. The van der Waals surface area contributed by atoms with Gasteiger partial charge < -0.3 is 9.64 Å². The maximum absolute atomic E-state index is 12.7. The molecule has 1 saturated carbocycles. The molecule has 1 fully saturated rings. The van der Waals surface area contributed by atoms with Crippen molar-refractivity contribution in [2.75, 3.05) is 13.7 Å². The second-order valence-electron chi connectivity index (χ2n) is 5.63. The van der Waals surface area contributed by atoms with Gasteiger partial charge in [-0.05, 0) is 31.9 Å². The number of methoxy groups -OCH3 is 1. The number of aryl methyl sites for hydroxylation is 1. The van der Waals surface area contributed by atoms with Crippen molar-refractivity contribution in [3.63, 3.8) is 0 Å². The van der Waals surface area contributed by atoms with E-state index in [9.17, 15) is 9.59 Å². The molecule has 1 aromatic rings. The van der Waals surface area contributed by atoms with Crippen LogP contribution in [0.15, 0.2) is 24.3 Å². The van der Waals surface area contributed by atoms with E-state index in [0.29, 0.717) is 12.1 Å². The Morgan fingerprint density at radius 3 is 2.38 bits per heavy atom. The van der Waals surface area contributed by atoms with Crippen molar-refractivity contribution in [2.24, 2.45) is 0 Å². The summed E-state index contributed by atoms with van der Waals surface area (Å²) < 4.78 is 4.69. The van der Waals surface area contributed by atoms with Gasteiger partial charge >= 0.3 is 5.97 Å². The first-order chi connectivity index (χ1) is 10.1. The van der Waals surface area contributed by atoms with Crippen LogP contribution < -0.4 is 0 Å². The van der Waals surface area contributed by atoms with Crippen molar-refractivity contribution in [1.82, 2.24) is 4.90 Å². The zero-order valence-corrected chi connectivity index (χ0v) is 12.8. The molecule has 21 heavy (non-hydrogen) atoms. The van der Waals surface area contributed by atoms with Crippen molar-refractivity contribution in [3.05, 3.63) is 35.4 Å². The molecule has 2 rings (SSSR count). The van der Waals surface area contributed by atoms with Crippen LogP contribution in [0.1, 0.15) is 48.0 Å². The smallest absolute Gasteiger partial charge is 0.307 e. The topological polar surface area (TPSA) is 46.6 Å². The fraction of sp³-hybridized carbons (Fsp3) is 0.529. The number of esters is 1. The van der Waals surface area contributed by atoms with Crippen LogP contribution in [0.2, 0.25) is 0 Å². The first-order valence-corrected chi connectivity index (χ1v) is 7.56. The molecule has 1 aliphatic rings. The van der Waals surface area contributed by atoms with Crippen LogP contribution in [0.4, 0.5) is 0 Å². The number of hydrogen-bond acceptors (Lipinski definition) is 3. The molecule has 1 aromatic carbocycles. The highest BCUT2D eigenvalue weighted by Crippen LogP contribution is 2.25. The number of benzene rings is 1. The van der Waals surface area contributed by atoms with E-state index in [1.807, 2.05) is 36.1 Å². The van der Waals surface area contributed by atoms with Gasteiger partial charge in [0.15, 0.2) is 0 Å². The van der Waals surface area contributed by atoms with Crippen LogP contribution in [0.25, 0.3) is 0 Å². The summed E-state index contributed by atoms with van der Waals surface area (Å²) >= 11 is 0. The van der Waals surface area contributed by atoms with Crippen LogP contribution in [0.3, 0.4) is 0 Å². The Labute approximate surface area is 126 Å². The van der Waals surface area contributed by atoms with Crippen molar-refractivity contribution < 1.29 is 14.3 Å². The van der Waals surface area contributed by atoms with Crippen LogP contribution >= 0.6 is 0 Å². The van der Waals surface area contributed by atoms with E-state index in [2.05, 4.69) is 4.74 Å². The number of rotatable bonds is 5. The van der Waals surface area contributed by atoms with E-state index in [1.54, 1.807) is 0 Å². The Kier molecular flexibility index (Phi) is 5.37. The minimum absolute atomic E-state index is 0.0193. The summed E-state index contributed by atoms with van der Waals surface area (Å²) in [6, 6.07) is 7.86. The van der Waals surface area contributed by atoms with Gasteiger partial charge in [-0.15, -0.1) is 0 Å². The third-order valence-electron chi connectivity index (χ3n) is 4.11. The highest BCUT2D eigenvalue weighted by Gasteiger charge is 2.27. The molecule has 0 aromatic heterocycles. The Bertz CT molecular complexity index is 489. The third-order valence-corrected chi connectivity index (χ3v) is 4.11. The number of nitrogens with zero attached hydrogens (tertiary/aromatic N) is 1. The molecule has 0 heterocycles. The molecule has 114 valence electrons. The number of carbonyl (C=O) groups is 2. The second kappa shape index (κ2) is 7.25. The molecule has 0 aliphatic heterocycles. The molecular formula is C17H23NO3. The van der Waals surface area contributed by atoms with Gasteiger partial charge in [0.2, 0.25) is 0 Å². The molecule has 0 unspecified atom stereocenters. The van der Waals surface area contributed by atoms with Crippen LogP contribution in [0.5, 0.6) is 0 Å². The Morgan fingerprint density at radius 1 is 1.19 bits per heavy atom. The number of amides is 1. The summed E-state index contributed by atoms with van der Waals surface area (Å²) in [6.07, 6.45) is 4.61. The van der Waals surface area contributed by atoms with Crippen molar-refractivity contribution >= 4 is 11.9 Å². The molecule has 4 heteroatoms. The average molecular weight is 289 g/mol. The highest BCUT2D eigenvalue weighted by atomic mass is 16.5. The van der Waals surface area contributed by atoms with Crippen LogP contribution in [-0.2, 0) is 9.53 Å². The van der Waals surface area contributed by atoms with Gasteiger partial charge in [0.1, 0.15) is 0 Å². The van der Waals surface area contributed by atoms with Gasteiger partial charge in [0.25, 0.3) is 5.91 Å². The summed E-state index contributed by atoms with van der Waals surface area (Å²) in [5.74, 6) is -0.250. The number of hydrogen-bond donors (Lipinski definition) is 0. The lowest BCUT2D eigenvalue weighted by Gasteiger charge is -2.29. The fourth-order valence-corrected chi connectivity index (χ4v) is 2.84. The standard InChI is InChI=1S/C17H23NO3/c1-13-7-9-14(10-8-13)17(20)18(12-11-16(19)21-2)15-5-3-4-6-15/h7-10,15H,3-6,11-12H2,1-2H3. The SMILES string of the molecule is COC(=O)CCN(C(=O)c1ccc(C)cc1)C1CCCC1. The zero-order valence-electron chi connectivity index (χ0n) is 12.8. The molecule has 1 aliphatic carbocycles. The molecular weight excluding hydrogens is 266 g/mol. The van der Waals surface area contributed by atoms with Crippen molar-refractivity contribution in [2.45, 2.75) is 45.1 Å². The first kappa shape index (κ1) is 15.5. The normalized spacial score (nSPS) is 15.0. The van der Waals surface area contributed by atoms with Gasteiger partial charge in [0, 0.05) is 18.2 Å². The number of ether oxygens (including phenoxy) is 1. The average Bonchev–Trinajstić information content (AvgIpc) is 3.01. The van der Waals surface area contributed by atoms with Crippen LogP contribution in [0, 0.1) is 6.92 Å². The van der Waals surface area contributed by atoms with E-state index in [0.717, 1.165) is 31.2 Å². The highest BCUT2D eigenvalue weighted by molar-refractivity contribution is 5.94. The van der Waals surface area contributed by atoms with E-state index in [4.69, 9.17) is 0 Å². The molecule has 0 saturated heterocycles. The molecule has 0 radical (unpaired) electrons. The lowest BCUT2D eigenvalue weighted by Crippen LogP contribution is -2.40. The largest absolute Gasteiger partial charge is 0.469 e. The first-order valence-electron chi connectivity index (χ1n) is 7.56. The Balaban J connectivity index is 2.11. The summed E-state index contributed by atoms with van der Waals surface area (Å²) in [6.45, 7) is 2.43. The van der Waals surface area contributed by atoms with E-state index < -0.39 is 0 Å². The predicted octanol–water partition coefficient (Wildman–Crippen LogP) is 2.94. The summed E-state index contributed by atoms with van der Waals surface area (Å²) in [5, 5.41) is 0. The summed E-state index contributed by atoms with van der Waals surface area (Å²) in [4.78, 5) is 25.9. The monoisotopic (exact) mass is 289 g/mol. The van der Waals surface area contributed by atoms with Gasteiger partial charge in [-0.2, -0.15) is 0 Å². The van der Waals surface area contributed by atoms with Crippen molar-refractivity contribution in [3.8, 4) is 0 Å². The quantitative estimate of drug-likeness (QED) is 0.783. The molecule has 4 nitrogen and oxygen atoms in total. The number of carbonyl (C=O) groups excluding carboxylic acids is 2. The van der Waals surface area contributed by atoms with Gasteiger partial charge in [-0.3, -0.25) is 9.59 Å². The maximum Gasteiger partial charge on any atom is 0.307 e. The molecule has 0 spiro atoms. The van der Waals surface area contributed by atoms with E-state index in [-0.39, 0.29) is 24.3 Å². The van der Waals surface area contributed by atoms with E-state index in [1.165, 1.54) is 7.11 Å². The maximum atomic E-state index is 12.7. The summed E-state index contributed by atoms with van der Waals surface area (Å²) in [5.41, 5.74) is 1.82. The van der Waals surface area contributed by atoms with E-state index >= 15 is 0 Å². The molecule has 0 atom stereocenters.